The molecule has 0 unspecified atom stereocenters. The van der Waals surface area contributed by atoms with E-state index >= 15 is 0 Å². The molecule has 0 saturated carbocycles. The highest BCUT2D eigenvalue weighted by Gasteiger charge is 2.17. The number of methoxy groups -OCH3 is 1. The number of carboxylic acids is 1. The third-order valence-corrected chi connectivity index (χ3v) is 3.88. The number of benzene rings is 1. The molecule has 22 heavy (non-hydrogen) atoms. The number of hydrogen-bond acceptors (Lipinski definition) is 3. The first-order chi connectivity index (χ1) is 10.5. The summed E-state index contributed by atoms with van der Waals surface area (Å²) in [5.74, 6) is -1.02. The lowest BCUT2D eigenvalue weighted by molar-refractivity contribution is 0.0696. The highest BCUT2D eigenvalue weighted by atomic mass is 16.5. The van der Waals surface area contributed by atoms with Gasteiger partial charge in [0.15, 0.2) is 0 Å². The molecule has 0 saturated heterocycles. The monoisotopic (exact) mass is 303 g/mol. The lowest BCUT2D eigenvalue weighted by Gasteiger charge is -2.21. The number of aromatic carboxylic acids is 1. The fourth-order valence-corrected chi connectivity index (χ4v) is 2.60. The first-order valence-electron chi connectivity index (χ1n) is 7.43. The van der Waals surface area contributed by atoms with Crippen molar-refractivity contribution in [3.8, 4) is 5.75 Å². The van der Waals surface area contributed by atoms with Crippen molar-refractivity contribution in [3.05, 3.63) is 41.0 Å². The second-order valence-corrected chi connectivity index (χ2v) is 5.48. The predicted octanol–water partition coefficient (Wildman–Crippen LogP) is 3.01. The summed E-state index contributed by atoms with van der Waals surface area (Å²) >= 11 is 0. The minimum Gasteiger partial charge on any atom is -0.497 e. The summed E-state index contributed by atoms with van der Waals surface area (Å²) < 4.78 is 5.06. The minimum absolute atomic E-state index is 0.0361. The molecule has 1 aromatic rings. The van der Waals surface area contributed by atoms with E-state index in [0.717, 1.165) is 19.3 Å². The Labute approximate surface area is 130 Å². The Morgan fingerprint density at radius 1 is 1.23 bits per heavy atom. The Morgan fingerprint density at radius 2 is 1.95 bits per heavy atom. The lowest BCUT2D eigenvalue weighted by Crippen LogP contribution is -2.34. The standard InChI is InChI=1S/C17H21NO4/c1-11(12-6-4-3-5-7-12)18-16(19)13-8-14(17(20)21)10-15(9-13)22-2/h6,8-11H,3-5,7H2,1-2H3,(H,18,19)(H,20,21)/t11-/m0/s1. The highest BCUT2D eigenvalue weighted by molar-refractivity contribution is 5.98. The van der Waals surface area contributed by atoms with Gasteiger partial charge in [-0.2, -0.15) is 0 Å². The Morgan fingerprint density at radius 3 is 2.55 bits per heavy atom. The van der Waals surface area contributed by atoms with Gasteiger partial charge in [0.2, 0.25) is 0 Å². The molecule has 118 valence electrons. The SMILES string of the molecule is COc1cc(C(=O)O)cc(C(=O)N[C@@H](C)C2=CCCCC2)c1. The second kappa shape index (κ2) is 7.11. The van der Waals surface area contributed by atoms with Crippen LogP contribution in [0.3, 0.4) is 0 Å². The summed E-state index contributed by atoms with van der Waals surface area (Å²) in [6, 6.07) is 4.25. The quantitative estimate of drug-likeness (QED) is 0.820. The molecule has 0 spiro atoms. The van der Waals surface area contributed by atoms with E-state index in [9.17, 15) is 9.59 Å². The minimum atomic E-state index is -1.09. The average Bonchev–Trinajstić information content (AvgIpc) is 2.54. The van der Waals surface area contributed by atoms with Crippen molar-refractivity contribution < 1.29 is 19.4 Å². The van der Waals surface area contributed by atoms with E-state index < -0.39 is 5.97 Å². The molecule has 0 aliphatic heterocycles. The summed E-state index contributed by atoms with van der Waals surface area (Å²) in [4.78, 5) is 23.5. The van der Waals surface area contributed by atoms with Crippen molar-refractivity contribution >= 4 is 11.9 Å². The van der Waals surface area contributed by atoms with Crippen molar-refractivity contribution in [2.75, 3.05) is 7.11 Å². The topological polar surface area (TPSA) is 75.6 Å². The van der Waals surface area contributed by atoms with Gasteiger partial charge in [-0.15, -0.1) is 0 Å². The smallest absolute Gasteiger partial charge is 0.335 e. The molecule has 5 nitrogen and oxygen atoms in total. The van der Waals surface area contributed by atoms with E-state index in [-0.39, 0.29) is 17.5 Å². The van der Waals surface area contributed by atoms with Crippen LogP contribution in [0.4, 0.5) is 0 Å². The molecule has 1 amide bonds. The summed E-state index contributed by atoms with van der Waals surface area (Å²) in [5, 5.41) is 12.0. The number of rotatable bonds is 5. The van der Waals surface area contributed by atoms with E-state index in [0.29, 0.717) is 11.3 Å². The second-order valence-electron chi connectivity index (χ2n) is 5.48. The molecule has 1 aromatic carbocycles. The number of carbonyl (C=O) groups excluding carboxylic acids is 1. The number of carbonyl (C=O) groups is 2. The molecule has 0 radical (unpaired) electrons. The third-order valence-electron chi connectivity index (χ3n) is 3.88. The number of hydrogen-bond donors (Lipinski definition) is 2. The van der Waals surface area contributed by atoms with Gasteiger partial charge in [0.25, 0.3) is 5.91 Å². The van der Waals surface area contributed by atoms with E-state index in [4.69, 9.17) is 9.84 Å². The fraction of sp³-hybridized carbons (Fsp3) is 0.412. The summed E-state index contributed by atoms with van der Waals surface area (Å²) in [6.45, 7) is 1.95. The molecule has 0 heterocycles. The van der Waals surface area contributed by atoms with Gasteiger partial charge >= 0.3 is 5.97 Å². The number of ether oxygens (including phenoxy) is 1. The molecular formula is C17H21NO4. The van der Waals surface area contributed by atoms with Crippen LogP contribution < -0.4 is 10.1 Å². The molecule has 5 heteroatoms. The van der Waals surface area contributed by atoms with Gasteiger partial charge in [0.1, 0.15) is 5.75 Å². The molecule has 0 fully saturated rings. The molecule has 1 aliphatic carbocycles. The van der Waals surface area contributed by atoms with Crippen LogP contribution in [0.15, 0.2) is 29.8 Å². The van der Waals surface area contributed by atoms with E-state index in [1.807, 2.05) is 6.92 Å². The van der Waals surface area contributed by atoms with Crippen molar-refractivity contribution in [2.24, 2.45) is 0 Å². The van der Waals surface area contributed by atoms with Crippen LogP contribution in [-0.4, -0.2) is 30.1 Å². The van der Waals surface area contributed by atoms with Crippen molar-refractivity contribution in [1.29, 1.82) is 0 Å². The van der Waals surface area contributed by atoms with Gasteiger partial charge in [-0.05, 0) is 50.8 Å². The average molecular weight is 303 g/mol. The molecule has 0 aromatic heterocycles. The van der Waals surface area contributed by atoms with Crippen LogP contribution in [-0.2, 0) is 0 Å². The maximum Gasteiger partial charge on any atom is 0.335 e. The van der Waals surface area contributed by atoms with Crippen LogP contribution in [0.2, 0.25) is 0 Å². The number of allylic oxidation sites excluding steroid dienone is 1. The van der Waals surface area contributed by atoms with Gasteiger partial charge in [-0.1, -0.05) is 11.6 Å². The number of carboxylic acid groups (broad SMARTS) is 1. The molecule has 2 rings (SSSR count). The van der Waals surface area contributed by atoms with Crippen LogP contribution in [0.5, 0.6) is 5.75 Å². The van der Waals surface area contributed by atoms with Gasteiger partial charge in [0.05, 0.1) is 12.7 Å². The normalized spacial score (nSPS) is 15.6. The van der Waals surface area contributed by atoms with Gasteiger partial charge in [0, 0.05) is 11.6 Å². The van der Waals surface area contributed by atoms with Crippen LogP contribution in [0.25, 0.3) is 0 Å². The number of nitrogens with one attached hydrogen (secondary N) is 1. The predicted molar refractivity (Wildman–Crippen MR) is 83.4 cm³/mol. The van der Waals surface area contributed by atoms with Gasteiger partial charge in [-0.3, -0.25) is 4.79 Å². The lowest BCUT2D eigenvalue weighted by atomic mass is 9.94. The molecule has 1 aliphatic rings. The third kappa shape index (κ3) is 3.87. The van der Waals surface area contributed by atoms with Gasteiger partial charge in [-0.25, -0.2) is 4.79 Å². The first-order valence-corrected chi connectivity index (χ1v) is 7.43. The number of amides is 1. The first kappa shape index (κ1) is 16.1. The van der Waals surface area contributed by atoms with E-state index in [2.05, 4.69) is 11.4 Å². The summed E-state index contributed by atoms with van der Waals surface area (Å²) in [5.41, 5.74) is 1.56. The maximum absolute atomic E-state index is 12.4. The van der Waals surface area contributed by atoms with Crippen molar-refractivity contribution in [3.63, 3.8) is 0 Å². The van der Waals surface area contributed by atoms with Crippen LogP contribution in [0.1, 0.15) is 53.3 Å². The molecule has 0 bridgehead atoms. The summed E-state index contributed by atoms with van der Waals surface area (Å²) in [6.07, 6.45) is 6.58. The highest BCUT2D eigenvalue weighted by Crippen LogP contribution is 2.21. The Balaban J connectivity index is 2.16. The van der Waals surface area contributed by atoms with Crippen molar-refractivity contribution in [2.45, 2.75) is 38.6 Å². The Kier molecular flexibility index (Phi) is 5.20. The Hall–Kier alpha value is -2.30. The van der Waals surface area contributed by atoms with Crippen LogP contribution >= 0.6 is 0 Å². The molecule has 1 atom stereocenters. The fourth-order valence-electron chi connectivity index (χ4n) is 2.60. The molecular weight excluding hydrogens is 282 g/mol. The van der Waals surface area contributed by atoms with Gasteiger partial charge < -0.3 is 15.2 Å². The molecule has 2 N–H and O–H groups in total. The maximum atomic E-state index is 12.4. The Bertz CT molecular complexity index is 607. The van der Waals surface area contributed by atoms with E-state index in [1.54, 1.807) is 6.07 Å². The zero-order valence-electron chi connectivity index (χ0n) is 12.9. The zero-order valence-corrected chi connectivity index (χ0v) is 12.9. The zero-order chi connectivity index (χ0) is 16.1. The van der Waals surface area contributed by atoms with Crippen LogP contribution in [0, 0.1) is 0 Å². The summed E-state index contributed by atoms with van der Waals surface area (Å²) in [7, 11) is 1.44. The largest absolute Gasteiger partial charge is 0.497 e. The van der Waals surface area contributed by atoms with E-state index in [1.165, 1.54) is 31.2 Å². The van der Waals surface area contributed by atoms with Crippen molar-refractivity contribution in [1.82, 2.24) is 5.32 Å².